The summed E-state index contributed by atoms with van der Waals surface area (Å²) in [4.78, 5) is 12.7. The second-order valence-electron chi connectivity index (χ2n) is 7.22. The van der Waals surface area contributed by atoms with Gasteiger partial charge in [-0.3, -0.25) is 4.79 Å². The van der Waals surface area contributed by atoms with Crippen LogP contribution in [0.15, 0.2) is 63.1 Å². The number of aliphatic hydroxyl groups is 1. The Morgan fingerprint density at radius 2 is 1.63 bits per heavy atom. The second kappa shape index (κ2) is 7.94. The van der Waals surface area contributed by atoms with E-state index < -0.39 is 29.9 Å². The van der Waals surface area contributed by atoms with Crippen molar-refractivity contribution in [3.63, 3.8) is 0 Å². The first kappa shape index (κ1) is 21.6. The largest absolute Gasteiger partial charge is 0.442 e. The van der Waals surface area contributed by atoms with E-state index in [0.717, 1.165) is 11.6 Å². The van der Waals surface area contributed by atoms with E-state index in [2.05, 4.69) is 26.0 Å². The molecule has 3 rings (SSSR count). The Morgan fingerprint density at radius 1 is 1.03 bits per heavy atom. The highest BCUT2D eigenvalue weighted by Gasteiger charge is 2.60. The third kappa shape index (κ3) is 4.09. The van der Waals surface area contributed by atoms with Crippen LogP contribution in [0.3, 0.4) is 0 Å². The minimum absolute atomic E-state index is 0.0310. The van der Waals surface area contributed by atoms with Crippen LogP contribution in [0.4, 0.5) is 13.2 Å². The lowest BCUT2D eigenvalue weighted by molar-refractivity contribution is -0.187. The maximum Gasteiger partial charge on any atom is 0.442 e. The number of alkyl halides is 3. The van der Waals surface area contributed by atoms with E-state index >= 15 is 0 Å². The highest BCUT2D eigenvalue weighted by Crippen LogP contribution is 2.47. The average Bonchev–Trinajstić information content (AvgIpc) is 3.19. The second-order valence-corrected chi connectivity index (χ2v) is 7.22. The molecule has 2 aromatic carbocycles. The predicted octanol–water partition coefficient (Wildman–Crippen LogP) is 4.71. The summed E-state index contributed by atoms with van der Waals surface area (Å²) < 4.78 is 41.7. The summed E-state index contributed by atoms with van der Waals surface area (Å²) in [5.74, 6) is -0.636. The van der Waals surface area contributed by atoms with Gasteiger partial charge in [0, 0.05) is 11.1 Å². The normalized spacial score (nSPS) is 17.0. The van der Waals surface area contributed by atoms with E-state index in [9.17, 15) is 23.1 Å². The summed E-state index contributed by atoms with van der Waals surface area (Å²) >= 11 is 0. The van der Waals surface area contributed by atoms with Crippen molar-refractivity contribution in [1.82, 2.24) is 5.32 Å². The maximum absolute atomic E-state index is 13.9. The van der Waals surface area contributed by atoms with Gasteiger partial charge in [-0.2, -0.15) is 13.2 Å². The van der Waals surface area contributed by atoms with E-state index in [1.807, 2.05) is 19.1 Å². The van der Waals surface area contributed by atoms with E-state index in [1.165, 1.54) is 19.1 Å². The van der Waals surface area contributed by atoms with Gasteiger partial charge < -0.3 is 10.4 Å². The molecule has 7 nitrogen and oxygen atoms in total. The highest BCUT2D eigenvalue weighted by molar-refractivity contribution is 5.96. The topological polar surface area (TPSA) is 98.8 Å². The zero-order valence-corrected chi connectivity index (χ0v) is 16.5. The van der Waals surface area contributed by atoms with Crippen LogP contribution in [0, 0.1) is 6.92 Å². The van der Waals surface area contributed by atoms with E-state index in [-0.39, 0.29) is 11.1 Å². The van der Waals surface area contributed by atoms with Crippen LogP contribution in [0.5, 0.6) is 0 Å². The van der Waals surface area contributed by atoms with Gasteiger partial charge >= 0.3 is 11.8 Å². The minimum atomic E-state index is -4.91. The van der Waals surface area contributed by atoms with Crippen LogP contribution in [-0.4, -0.2) is 29.3 Å². The molecule has 10 heteroatoms. The lowest BCUT2D eigenvalue weighted by Crippen LogP contribution is -2.40. The molecule has 2 aromatic rings. The summed E-state index contributed by atoms with van der Waals surface area (Å²) in [7, 11) is 0. The molecule has 2 unspecified atom stereocenters. The maximum atomic E-state index is 13.9. The number of nitrogens with one attached hydrogen (secondary N) is 1. The molecule has 0 aliphatic carbocycles. The summed E-state index contributed by atoms with van der Waals surface area (Å²) in [6, 6.07) is 10.3. The molecule has 2 atom stereocenters. The van der Waals surface area contributed by atoms with Gasteiger partial charge in [-0.05, 0) is 60.5 Å². The van der Waals surface area contributed by atoms with Crippen molar-refractivity contribution < 1.29 is 23.1 Å². The Kier molecular flexibility index (Phi) is 5.71. The molecule has 1 amide bonds. The van der Waals surface area contributed by atoms with E-state index in [4.69, 9.17) is 0 Å². The van der Waals surface area contributed by atoms with Crippen molar-refractivity contribution in [3.8, 4) is 11.1 Å². The first-order chi connectivity index (χ1) is 14.0. The van der Waals surface area contributed by atoms with Crippen molar-refractivity contribution >= 4 is 5.91 Å². The lowest BCUT2D eigenvalue weighted by Gasteiger charge is -2.24. The third-order valence-corrected chi connectivity index (χ3v) is 4.88. The molecule has 0 fully saturated rings. The molecule has 1 aliphatic heterocycles. The van der Waals surface area contributed by atoms with Crippen molar-refractivity contribution in [1.29, 1.82) is 0 Å². The van der Waals surface area contributed by atoms with Crippen molar-refractivity contribution in [3.05, 3.63) is 59.2 Å². The summed E-state index contributed by atoms with van der Waals surface area (Å²) in [5, 5.41) is 24.8. The van der Waals surface area contributed by atoms with Crippen LogP contribution in [0.25, 0.3) is 11.1 Å². The SMILES string of the molecule is Cc1ccc(-c2cc(C(=O)NC(C)C(C)O)cc(C3(C(F)(F)F)N=NN=N3)c2)cc1. The summed E-state index contributed by atoms with van der Waals surface area (Å²) in [6.07, 6.45) is -5.75. The number of nitrogens with zero attached hydrogens (tertiary/aromatic N) is 4. The van der Waals surface area contributed by atoms with Crippen molar-refractivity contribution in [2.24, 2.45) is 20.7 Å². The van der Waals surface area contributed by atoms with Gasteiger partial charge in [-0.15, -0.1) is 10.2 Å². The zero-order chi connectivity index (χ0) is 22.1. The molecule has 0 saturated carbocycles. The number of amides is 1. The van der Waals surface area contributed by atoms with Gasteiger partial charge in [0.1, 0.15) is 0 Å². The molecule has 0 radical (unpaired) electrons. The number of aryl methyl sites for hydroxylation is 1. The molecule has 0 spiro atoms. The molecule has 0 aromatic heterocycles. The highest BCUT2D eigenvalue weighted by atomic mass is 19.4. The minimum Gasteiger partial charge on any atom is -0.391 e. The van der Waals surface area contributed by atoms with Gasteiger partial charge in [-0.1, -0.05) is 29.8 Å². The van der Waals surface area contributed by atoms with Gasteiger partial charge in [-0.25, -0.2) is 0 Å². The Balaban J connectivity index is 2.16. The molecule has 2 N–H and O–H groups in total. The molecule has 0 saturated heterocycles. The van der Waals surface area contributed by atoms with E-state index in [0.29, 0.717) is 11.1 Å². The number of halogens is 3. The van der Waals surface area contributed by atoms with Gasteiger partial charge in [0.2, 0.25) is 0 Å². The van der Waals surface area contributed by atoms with Gasteiger partial charge in [0.05, 0.1) is 12.1 Å². The standard InChI is InChI=1S/C20H20F3N5O2/c1-11-4-6-14(7-5-11)15-8-16(18(30)24-12(2)13(3)29)10-17(9-15)19(20(21,22)23)25-27-28-26-19/h4-10,12-13,29H,1-3H3,(H,24,30). The quantitative estimate of drug-likeness (QED) is 0.734. The molecular weight excluding hydrogens is 399 g/mol. The molecule has 1 aliphatic rings. The molecular formula is C20H20F3N5O2. The van der Waals surface area contributed by atoms with Crippen LogP contribution >= 0.6 is 0 Å². The number of aliphatic hydroxyl groups excluding tert-OH is 1. The Hall–Kier alpha value is -3.14. The van der Waals surface area contributed by atoms with Crippen LogP contribution < -0.4 is 5.32 Å². The number of hydrogen-bond acceptors (Lipinski definition) is 6. The summed E-state index contributed by atoms with van der Waals surface area (Å²) in [6.45, 7) is 4.97. The Morgan fingerprint density at radius 3 is 2.17 bits per heavy atom. The average molecular weight is 419 g/mol. The number of rotatable bonds is 5. The van der Waals surface area contributed by atoms with Gasteiger partial charge in [0.15, 0.2) is 0 Å². The Labute approximate surface area is 170 Å². The number of carbonyl (C=O) groups excluding carboxylic acids is 1. The fraction of sp³-hybridized carbons (Fsp3) is 0.350. The number of benzene rings is 2. The zero-order valence-electron chi connectivity index (χ0n) is 16.5. The Bertz CT molecular complexity index is 988. The van der Waals surface area contributed by atoms with E-state index in [1.54, 1.807) is 19.1 Å². The van der Waals surface area contributed by atoms with Crippen molar-refractivity contribution in [2.75, 3.05) is 0 Å². The number of hydrogen-bond donors (Lipinski definition) is 2. The van der Waals surface area contributed by atoms with Crippen LogP contribution in [0.2, 0.25) is 0 Å². The molecule has 0 bridgehead atoms. The predicted molar refractivity (Wildman–Crippen MR) is 103 cm³/mol. The molecule has 1 heterocycles. The summed E-state index contributed by atoms with van der Waals surface area (Å²) in [5.41, 5.74) is -1.46. The third-order valence-electron chi connectivity index (χ3n) is 4.88. The number of carbonyl (C=O) groups is 1. The fourth-order valence-corrected chi connectivity index (χ4v) is 2.87. The van der Waals surface area contributed by atoms with Crippen LogP contribution in [0.1, 0.15) is 35.3 Å². The van der Waals surface area contributed by atoms with Gasteiger partial charge in [0.25, 0.3) is 5.91 Å². The first-order valence-corrected chi connectivity index (χ1v) is 9.16. The van der Waals surface area contributed by atoms with Crippen LogP contribution in [-0.2, 0) is 5.66 Å². The fourth-order valence-electron chi connectivity index (χ4n) is 2.87. The molecule has 30 heavy (non-hydrogen) atoms. The van der Waals surface area contributed by atoms with Crippen molar-refractivity contribution in [2.45, 2.75) is 44.8 Å². The smallest absolute Gasteiger partial charge is 0.391 e. The molecule has 158 valence electrons. The lowest BCUT2D eigenvalue weighted by atomic mass is 9.92. The monoisotopic (exact) mass is 419 g/mol. The first-order valence-electron chi connectivity index (χ1n) is 9.16.